The van der Waals surface area contributed by atoms with Crippen LogP contribution in [0.3, 0.4) is 0 Å². The third-order valence-corrected chi connectivity index (χ3v) is 4.04. The SMILES string of the molecule is Cc1cc(C)c(C)c(C(=O)c2ccccc2Cl)c1C. The molecule has 0 spiro atoms. The molecule has 0 aliphatic heterocycles. The summed E-state index contributed by atoms with van der Waals surface area (Å²) in [5.74, 6) is 0.00685. The van der Waals surface area contributed by atoms with Gasteiger partial charge in [-0.15, -0.1) is 0 Å². The van der Waals surface area contributed by atoms with E-state index >= 15 is 0 Å². The van der Waals surface area contributed by atoms with Crippen LogP contribution in [0.2, 0.25) is 5.02 Å². The lowest BCUT2D eigenvalue weighted by molar-refractivity contribution is 0.103. The zero-order valence-corrected chi connectivity index (χ0v) is 12.4. The van der Waals surface area contributed by atoms with Crippen LogP contribution in [-0.4, -0.2) is 5.78 Å². The zero-order valence-electron chi connectivity index (χ0n) is 11.7. The van der Waals surface area contributed by atoms with Gasteiger partial charge in [0.05, 0.1) is 5.02 Å². The maximum Gasteiger partial charge on any atom is 0.195 e. The van der Waals surface area contributed by atoms with Crippen LogP contribution in [-0.2, 0) is 0 Å². The number of carbonyl (C=O) groups excluding carboxylic acids is 1. The fourth-order valence-corrected chi connectivity index (χ4v) is 2.56. The largest absolute Gasteiger partial charge is 0.289 e. The average Bonchev–Trinajstić information content (AvgIpc) is 2.37. The summed E-state index contributed by atoms with van der Waals surface area (Å²) in [4.78, 5) is 12.7. The third kappa shape index (κ3) is 2.43. The minimum Gasteiger partial charge on any atom is -0.289 e. The van der Waals surface area contributed by atoms with E-state index in [4.69, 9.17) is 11.6 Å². The number of ketones is 1. The molecule has 2 aromatic rings. The molecule has 0 heterocycles. The molecule has 2 heteroatoms. The first-order valence-electron chi connectivity index (χ1n) is 6.30. The molecule has 2 rings (SSSR count). The molecule has 0 saturated carbocycles. The highest BCUT2D eigenvalue weighted by atomic mass is 35.5. The van der Waals surface area contributed by atoms with Gasteiger partial charge in [0, 0.05) is 11.1 Å². The van der Waals surface area contributed by atoms with E-state index in [0.717, 1.165) is 27.8 Å². The number of halogens is 1. The second-order valence-electron chi connectivity index (χ2n) is 4.94. The zero-order chi connectivity index (χ0) is 14.2. The minimum absolute atomic E-state index is 0.00685. The Morgan fingerprint density at radius 3 is 2.00 bits per heavy atom. The highest BCUT2D eigenvalue weighted by molar-refractivity contribution is 6.35. The molecule has 0 amide bonds. The summed E-state index contributed by atoms with van der Waals surface area (Å²) < 4.78 is 0. The van der Waals surface area contributed by atoms with Gasteiger partial charge in [-0.05, 0) is 62.1 Å². The summed E-state index contributed by atoms with van der Waals surface area (Å²) >= 11 is 6.13. The molecule has 19 heavy (non-hydrogen) atoms. The summed E-state index contributed by atoms with van der Waals surface area (Å²) in [6.07, 6.45) is 0. The van der Waals surface area contributed by atoms with Crippen LogP contribution in [0.1, 0.15) is 38.2 Å². The molecular formula is C17H17ClO. The van der Waals surface area contributed by atoms with Gasteiger partial charge in [-0.1, -0.05) is 29.8 Å². The van der Waals surface area contributed by atoms with E-state index in [1.165, 1.54) is 0 Å². The van der Waals surface area contributed by atoms with Crippen molar-refractivity contribution in [1.82, 2.24) is 0 Å². The fraction of sp³-hybridized carbons (Fsp3) is 0.235. The minimum atomic E-state index is 0.00685. The van der Waals surface area contributed by atoms with Gasteiger partial charge in [0.25, 0.3) is 0 Å². The van der Waals surface area contributed by atoms with Crippen molar-refractivity contribution in [1.29, 1.82) is 0 Å². The summed E-state index contributed by atoms with van der Waals surface area (Å²) in [6.45, 7) is 8.05. The van der Waals surface area contributed by atoms with Crippen LogP contribution in [0.25, 0.3) is 0 Å². The second-order valence-corrected chi connectivity index (χ2v) is 5.35. The van der Waals surface area contributed by atoms with Crippen molar-refractivity contribution in [3.8, 4) is 0 Å². The third-order valence-electron chi connectivity index (χ3n) is 3.71. The molecule has 0 aromatic heterocycles. The molecule has 0 aliphatic rings. The maximum atomic E-state index is 12.7. The number of benzene rings is 2. The van der Waals surface area contributed by atoms with Crippen LogP contribution in [0.5, 0.6) is 0 Å². The van der Waals surface area contributed by atoms with Crippen molar-refractivity contribution in [2.75, 3.05) is 0 Å². The molecule has 0 bridgehead atoms. The molecular weight excluding hydrogens is 256 g/mol. The monoisotopic (exact) mass is 272 g/mol. The Morgan fingerprint density at radius 2 is 1.47 bits per heavy atom. The Morgan fingerprint density at radius 1 is 0.947 bits per heavy atom. The normalized spacial score (nSPS) is 10.6. The van der Waals surface area contributed by atoms with Crippen molar-refractivity contribution in [3.05, 3.63) is 68.7 Å². The molecule has 0 N–H and O–H groups in total. The first kappa shape index (κ1) is 13.8. The lowest BCUT2D eigenvalue weighted by Gasteiger charge is -2.14. The lowest BCUT2D eigenvalue weighted by Crippen LogP contribution is -2.09. The quantitative estimate of drug-likeness (QED) is 0.718. The molecule has 1 nitrogen and oxygen atoms in total. The van der Waals surface area contributed by atoms with E-state index in [1.54, 1.807) is 12.1 Å². The predicted octanol–water partition coefficient (Wildman–Crippen LogP) is 4.80. The average molecular weight is 273 g/mol. The Labute approximate surface area is 119 Å². The first-order chi connectivity index (χ1) is 8.93. The van der Waals surface area contributed by atoms with E-state index in [0.29, 0.717) is 10.6 Å². The van der Waals surface area contributed by atoms with Gasteiger partial charge in [-0.2, -0.15) is 0 Å². The molecule has 2 aromatic carbocycles. The van der Waals surface area contributed by atoms with Crippen LogP contribution in [0.15, 0.2) is 30.3 Å². The maximum absolute atomic E-state index is 12.7. The lowest BCUT2D eigenvalue weighted by atomic mass is 9.89. The summed E-state index contributed by atoms with van der Waals surface area (Å²) in [5.41, 5.74) is 5.70. The predicted molar refractivity (Wildman–Crippen MR) is 80.3 cm³/mol. The van der Waals surface area contributed by atoms with Gasteiger partial charge >= 0.3 is 0 Å². The summed E-state index contributed by atoms with van der Waals surface area (Å²) in [7, 11) is 0. The van der Waals surface area contributed by atoms with Crippen LogP contribution in [0, 0.1) is 27.7 Å². The summed E-state index contributed by atoms with van der Waals surface area (Å²) in [6, 6.07) is 9.32. The number of rotatable bonds is 2. The van der Waals surface area contributed by atoms with Crippen LogP contribution < -0.4 is 0 Å². The van der Waals surface area contributed by atoms with E-state index in [-0.39, 0.29) is 5.78 Å². The van der Waals surface area contributed by atoms with Crippen molar-refractivity contribution in [2.45, 2.75) is 27.7 Å². The molecule has 0 fully saturated rings. The first-order valence-corrected chi connectivity index (χ1v) is 6.68. The van der Waals surface area contributed by atoms with Gasteiger partial charge in [0.2, 0.25) is 0 Å². The number of hydrogen-bond donors (Lipinski definition) is 0. The molecule has 0 atom stereocenters. The fourth-order valence-electron chi connectivity index (χ4n) is 2.34. The van der Waals surface area contributed by atoms with E-state index in [2.05, 4.69) is 6.07 Å². The highest BCUT2D eigenvalue weighted by Crippen LogP contribution is 2.26. The Bertz CT molecular complexity index is 630. The van der Waals surface area contributed by atoms with E-state index in [1.807, 2.05) is 39.8 Å². The molecule has 0 radical (unpaired) electrons. The van der Waals surface area contributed by atoms with Gasteiger partial charge in [-0.3, -0.25) is 4.79 Å². The van der Waals surface area contributed by atoms with E-state index < -0.39 is 0 Å². The van der Waals surface area contributed by atoms with Crippen molar-refractivity contribution in [3.63, 3.8) is 0 Å². The van der Waals surface area contributed by atoms with Gasteiger partial charge in [-0.25, -0.2) is 0 Å². The Balaban J connectivity index is 2.67. The number of aryl methyl sites for hydroxylation is 2. The Kier molecular flexibility index (Phi) is 3.77. The van der Waals surface area contributed by atoms with Crippen molar-refractivity contribution in [2.24, 2.45) is 0 Å². The van der Waals surface area contributed by atoms with Crippen LogP contribution in [0.4, 0.5) is 0 Å². The molecule has 0 aliphatic carbocycles. The van der Waals surface area contributed by atoms with Gasteiger partial charge < -0.3 is 0 Å². The smallest absolute Gasteiger partial charge is 0.195 e. The van der Waals surface area contributed by atoms with Crippen molar-refractivity contribution < 1.29 is 4.79 Å². The molecule has 0 saturated heterocycles. The van der Waals surface area contributed by atoms with Crippen LogP contribution >= 0.6 is 11.6 Å². The van der Waals surface area contributed by atoms with Gasteiger partial charge in [0.1, 0.15) is 0 Å². The second kappa shape index (κ2) is 5.18. The number of hydrogen-bond acceptors (Lipinski definition) is 1. The number of carbonyl (C=O) groups is 1. The van der Waals surface area contributed by atoms with E-state index in [9.17, 15) is 4.79 Å². The van der Waals surface area contributed by atoms with Gasteiger partial charge in [0.15, 0.2) is 5.78 Å². The topological polar surface area (TPSA) is 17.1 Å². The summed E-state index contributed by atoms with van der Waals surface area (Å²) in [5, 5.41) is 0.505. The molecule has 0 unspecified atom stereocenters. The molecule has 98 valence electrons. The van der Waals surface area contributed by atoms with Crippen molar-refractivity contribution >= 4 is 17.4 Å². The highest BCUT2D eigenvalue weighted by Gasteiger charge is 2.19. The Hall–Kier alpha value is -1.60. The standard InChI is InChI=1S/C17H17ClO/c1-10-9-11(2)13(4)16(12(10)3)17(19)14-7-5-6-8-15(14)18/h5-9H,1-4H3.